The van der Waals surface area contributed by atoms with Crippen LogP contribution in [-0.4, -0.2) is 16.7 Å². The minimum absolute atomic E-state index is 0.978. The van der Waals surface area contributed by atoms with Gasteiger partial charge in [-0.1, -0.05) is 6.08 Å². The summed E-state index contributed by atoms with van der Waals surface area (Å²) in [5, 5.41) is 10.2. The smallest absolute Gasteiger partial charge is 0.0535 e. The Hall–Kier alpha value is -1.09. The van der Waals surface area contributed by atoms with E-state index >= 15 is 0 Å². The molecule has 2 rings (SSSR count). The van der Waals surface area contributed by atoms with Gasteiger partial charge in [0.25, 0.3) is 0 Å². The number of hydrogen-bond acceptors (Lipinski definition) is 2. The van der Waals surface area contributed by atoms with Crippen LogP contribution in [0.3, 0.4) is 0 Å². The van der Waals surface area contributed by atoms with Gasteiger partial charge in [-0.25, -0.2) is 0 Å². The molecule has 0 aromatic carbocycles. The highest BCUT2D eigenvalue weighted by atomic mass is 15.1. The number of nitrogens with zero attached hydrogens (tertiary/aromatic N) is 1. The van der Waals surface area contributed by atoms with Crippen molar-refractivity contribution < 1.29 is 0 Å². The number of H-pyrrole nitrogens is 1. The molecule has 0 aliphatic carbocycles. The molecule has 1 aromatic rings. The van der Waals surface area contributed by atoms with Gasteiger partial charge in [0, 0.05) is 30.8 Å². The summed E-state index contributed by atoms with van der Waals surface area (Å²) in [6.07, 6.45) is 4.73. The molecule has 1 aromatic heterocycles. The molecule has 0 unspecified atom stereocenters. The van der Waals surface area contributed by atoms with Crippen molar-refractivity contribution in [1.82, 2.24) is 15.5 Å². The summed E-state index contributed by atoms with van der Waals surface area (Å²) in [5.41, 5.74) is 2.62. The highest BCUT2D eigenvalue weighted by Gasteiger charge is 2.08. The molecule has 2 heterocycles. The number of allylic oxidation sites excluding steroid dienone is 1. The third-order valence-electron chi connectivity index (χ3n) is 1.67. The first-order valence-corrected chi connectivity index (χ1v) is 4.17. The van der Waals surface area contributed by atoms with Gasteiger partial charge in [0.05, 0.1) is 6.20 Å². The van der Waals surface area contributed by atoms with Crippen molar-refractivity contribution in [2.75, 3.05) is 6.54 Å². The van der Waals surface area contributed by atoms with E-state index < -0.39 is 0 Å². The Morgan fingerprint density at radius 2 is 2.42 bits per heavy atom. The third-order valence-corrected chi connectivity index (χ3v) is 1.67. The zero-order valence-electron chi connectivity index (χ0n) is 7.43. The first-order valence-electron chi connectivity index (χ1n) is 4.17. The Morgan fingerprint density at radius 1 is 1.67 bits per heavy atom. The van der Waals surface area contributed by atoms with Crippen LogP contribution in [0.2, 0.25) is 0 Å². The predicted molar refractivity (Wildman–Crippen MR) is 49.9 cm³/mol. The summed E-state index contributed by atoms with van der Waals surface area (Å²) in [7, 11) is 0. The average molecular weight is 165 g/mol. The monoisotopic (exact) mass is 165 g/mol. The molecule has 2 N–H and O–H groups in total. The molecule has 0 amide bonds. The van der Waals surface area contributed by atoms with Crippen LogP contribution in [0.4, 0.5) is 0 Å². The molecule has 0 atom stereocenters. The lowest BCUT2D eigenvalue weighted by Crippen LogP contribution is -2.22. The van der Waals surface area contributed by atoms with Gasteiger partial charge >= 0.3 is 0 Å². The molecule has 0 radical (unpaired) electrons. The second-order valence-electron chi connectivity index (χ2n) is 2.71. The van der Waals surface area contributed by atoms with Gasteiger partial charge in [-0.05, 0) is 6.92 Å². The number of nitrogens with one attached hydrogen (secondary N) is 2. The number of aromatic nitrogens is 2. The van der Waals surface area contributed by atoms with Gasteiger partial charge in [0.2, 0.25) is 0 Å². The van der Waals surface area contributed by atoms with Gasteiger partial charge in [0.15, 0.2) is 0 Å². The maximum absolute atomic E-state index is 3.94. The van der Waals surface area contributed by atoms with E-state index in [0.29, 0.717) is 0 Å². The van der Waals surface area contributed by atoms with Crippen LogP contribution in [0, 0.1) is 0 Å². The lowest BCUT2D eigenvalue weighted by atomic mass is 10.1. The molecule has 0 saturated carbocycles. The Labute approximate surface area is 72.9 Å². The minimum atomic E-state index is 0.978. The van der Waals surface area contributed by atoms with Gasteiger partial charge in [-0.2, -0.15) is 5.10 Å². The lowest BCUT2D eigenvalue weighted by Gasteiger charge is -2.10. The number of hydrogen-bond donors (Lipinski definition) is 2. The van der Waals surface area contributed by atoms with Crippen molar-refractivity contribution in [2.45, 2.75) is 19.9 Å². The molecule has 0 bridgehead atoms. The van der Waals surface area contributed by atoms with Crippen LogP contribution in [0.5, 0.6) is 0 Å². The van der Waals surface area contributed by atoms with Crippen molar-refractivity contribution in [3.05, 3.63) is 30.1 Å². The largest absolute Gasteiger partial charge is 0.312 e. The zero-order valence-corrected chi connectivity index (χ0v) is 7.43. The van der Waals surface area contributed by atoms with E-state index in [9.17, 15) is 0 Å². The van der Waals surface area contributed by atoms with E-state index in [1.165, 1.54) is 11.3 Å². The Balaban J connectivity index is 0.000000213. The number of fused-ring (bicyclic) bond motifs is 1. The van der Waals surface area contributed by atoms with E-state index in [-0.39, 0.29) is 0 Å². The molecule has 66 valence electrons. The van der Waals surface area contributed by atoms with Crippen LogP contribution in [0.25, 0.3) is 0 Å². The standard InChI is InChI=1S/C6H9N3.C3H6/c1-2-7-3-5-4-8-9-6(1)5;1-3-2/h4,7H,1-3H2,(H,8,9);3H,1H2,2H3. The van der Waals surface area contributed by atoms with Gasteiger partial charge in [0.1, 0.15) is 0 Å². The summed E-state index contributed by atoms with van der Waals surface area (Å²) < 4.78 is 0. The van der Waals surface area contributed by atoms with E-state index in [4.69, 9.17) is 0 Å². The highest BCUT2D eigenvalue weighted by molar-refractivity contribution is 5.18. The van der Waals surface area contributed by atoms with E-state index in [1.54, 1.807) is 6.08 Å². The zero-order chi connectivity index (χ0) is 8.81. The van der Waals surface area contributed by atoms with Crippen LogP contribution in [0.15, 0.2) is 18.9 Å². The summed E-state index contributed by atoms with van der Waals surface area (Å²) in [5.74, 6) is 0. The fourth-order valence-corrected chi connectivity index (χ4v) is 1.14. The molecule has 1 aliphatic heterocycles. The van der Waals surface area contributed by atoms with Crippen LogP contribution < -0.4 is 5.32 Å². The summed E-state index contributed by atoms with van der Waals surface area (Å²) in [4.78, 5) is 0. The second kappa shape index (κ2) is 4.72. The third kappa shape index (κ3) is 2.20. The predicted octanol–water partition coefficient (Wildman–Crippen LogP) is 1.25. The van der Waals surface area contributed by atoms with Crippen LogP contribution in [0.1, 0.15) is 18.2 Å². The fraction of sp³-hybridized carbons (Fsp3) is 0.444. The fourth-order valence-electron chi connectivity index (χ4n) is 1.14. The molecule has 12 heavy (non-hydrogen) atoms. The van der Waals surface area contributed by atoms with Crippen LogP contribution in [-0.2, 0) is 13.0 Å². The van der Waals surface area contributed by atoms with Gasteiger partial charge in [-0.15, -0.1) is 6.58 Å². The lowest BCUT2D eigenvalue weighted by molar-refractivity contribution is 0.637. The quantitative estimate of drug-likeness (QED) is 0.568. The Kier molecular flexibility index (Phi) is 3.54. The maximum Gasteiger partial charge on any atom is 0.0535 e. The van der Waals surface area contributed by atoms with Gasteiger partial charge in [-0.3, -0.25) is 5.10 Å². The topological polar surface area (TPSA) is 40.7 Å². The molecule has 1 aliphatic rings. The first kappa shape index (κ1) is 9.00. The van der Waals surface area contributed by atoms with Gasteiger partial charge < -0.3 is 5.32 Å². The second-order valence-corrected chi connectivity index (χ2v) is 2.71. The molecule has 3 nitrogen and oxygen atoms in total. The Morgan fingerprint density at radius 3 is 3.08 bits per heavy atom. The first-order chi connectivity index (χ1) is 5.88. The maximum atomic E-state index is 3.94. The number of rotatable bonds is 0. The number of aromatic amines is 1. The van der Waals surface area contributed by atoms with Crippen molar-refractivity contribution in [3.63, 3.8) is 0 Å². The molecular weight excluding hydrogens is 150 g/mol. The van der Waals surface area contributed by atoms with Crippen molar-refractivity contribution >= 4 is 0 Å². The van der Waals surface area contributed by atoms with E-state index in [2.05, 4.69) is 22.1 Å². The van der Waals surface area contributed by atoms with Crippen molar-refractivity contribution in [3.8, 4) is 0 Å². The SMILES string of the molecule is C=CC.c1n[nH]c2c1CNCC2. The molecule has 3 heteroatoms. The van der Waals surface area contributed by atoms with Crippen LogP contribution >= 0.6 is 0 Å². The average Bonchev–Trinajstić information content (AvgIpc) is 2.52. The molecule has 0 saturated heterocycles. The van der Waals surface area contributed by atoms with E-state index in [0.717, 1.165) is 19.5 Å². The Bertz CT molecular complexity index is 219. The molecule has 0 fully saturated rings. The summed E-state index contributed by atoms with van der Waals surface area (Å²) in [6, 6.07) is 0. The highest BCUT2D eigenvalue weighted by Crippen LogP contribution is 2.07. The normalized spacial score (nSPS) is 14.1. The van der Waals surface area contributed by atoms with E-state index in [1.807, 2.05) is 13.1 Å². The summed E-state index contributed by atoms with van der Waals surface area (Å²) in [6.45, 7) is 7.31. The molecule has 0 spiro atoms. The minimum Gasteiger partial charge on any atom is -0.312 e. The van der Waals surface area contributed by atoms with Crippen molar-refractivity contribution in [1.29, 1.82) is 0 Å². The molecular formula is C9H15N3. The summed E-state index contributed by atoms with van der Waals surface area (Å²) >= 11 is 0. The van der Waals surface area contributed by atoms with Crippen molar-refractivity contribution in [2.24, 2.45) is 0 Å².